The lowest BCUT2D eigenvalue weighted by Gasteiger charge is -2.45. The van der Waals surface area contributed by atoms with Crippen LogP contribution < -0.4 is 0 Å². The number of rotatable bonds is 1. The van der Waals surface area contributed by atoms with E-state index in [2.05, 4.69) is 61.6 Å². The Balaban J connectivity index is 2.40. The van der Waals surface area contributed by atoms with Crippen molar-refractivity contribution in [2.75, 3.05) is 0 Å². The Labute approximate surface area is 107 Å². The minimum Gasteiger partial charge on any atom is -0.0810 e. The van der Waals surface area contributed by atoms with Crippen LogP contribution >= 0.6 is 22.6 Å². The second kappa shape index (κ2) is 4.23. The second-order valence-corrected chi connectivity index (χ2v) is 7.16. The molecule has 0 spiro atoms. The van der Waals surface area contributed by atoms with Gasteiger partial charge in [0.2, 0.25) is 0 Å². The Hall–Kier alpha value is 0.210. The Morgan fingerprint density at radius 2 is 2.20 bits per heavy atom. The molecule has 0 aromatic rings. The van der Waals surface area contributed by atoms with E-state index in [1.165, 1.54) is 19.3 Å². The molecular formula is C14H21I. The first-order valence-electron chi connectivity index (χ1n) is 6.17. The summed E-state index contributed by atoms with van der Waals surface area (Å²) in [6.45, 7) is 7.06. The third kappa shape index (κ3) is 1.92. The van der Waals surface area contributed by atoms with E-state index in [4.69, 9.17) is 0 Å². The van der Waals surface area contributed by atoms with Gasteiger partial charge < -0.3 is 0 Å². The summed E-state index contributed by atoms with van der Waals surface area (Å²) in [6, 6.07) is 0. The Morgan fingerprint density at radius 1 is 1.47 bits per heavy atom. The van der Waals surface area contributed by atoms with Crippen LogP contribution in [0.3, 0.4) is 0 Å². The fourth-order valence-corrected chi connectivity index (χ4v) is 4.88. The summed E-state index contributed by atoms with van der Waals surface area (Å²) in [6.07, 6.45) is 11.3. The maximum atomic E-state index is 2.74. The molecule has 1 heteroatoms. The van der Waals surface area contributed by atoms with Gasteiger partial charge in [-0.3, -0.25) is 0 Å². The molecule has 0 amide bonds. The monoisotopic (exact) mass is 316 g/mol. The molecule has 2 aliphatic carbocycles. The molecule has 84 valence electrons. The maximum absolute atomic E-state index is 2.74. The largest absolute Gasteiger partial charge is 0.0810 e. The van der Waals surface area contributed by atoms with Crippen molar-refractivity contribution in [3.8, 4) is 0 Å². The molecule has 2 aliphatic rings. The Bertz CT molecular complexity index is 302. The van der Waals surface area contributed by atoms with Crippen molar-refractivity contribution in [1.29, 1.82) is 0 Å². The lowest BCUT2D eigenvalue weighted by atomic mass is 9.67. The fourth-order valence-electron chi connectivity index (χ4n) is 3.21. The Kier molecular flexibility index (Phi) is 3.30. The zero-order valence-corrected chi connectivity index (χ0v) is 12.1. The van der Waals surface area contributed by atoms with E-state index in [0.717, 1.165) is 17.8 Å². The van der Waals surface area contributed by atoms with Gasteiger partial charge in [-0.15, -0.1) is 0 Å². The smallest absolute Gasteiger partial charge is 0.0500 e. The predicted octanol–water partition coefficient (Wildman–Crippen LogP) is 4.75. The van der Waals surface area contributed by atoms with E-state index in [1.807, 2.05) is 0 Å². The van der Waals surface area contributed by atoms with Gasteiger partial charge in [0.25, 0.3) is 0 Å². The highest BCUT2D eigenvalue weighted by Crippen LogP contribution is 2.51. The summed E-state index contributed by atoms with van der Waals surface area (Å²) in [5.74, 6) is 2.36. The van der Waals surface area contributed by atoms with E-state index in [0.29, 0.717) is 3.42 Å². The average molecular weight is 316 g/mol. The van der Waals surface area contributed by atoms with E-state index in [9.17, 15) is 0 Å². The molecule has 0 saturated heterocycles. The summed E-state index contributed by atoms with van der Waals surface area (Å²) in [5, 5.41) is 0. The summed E-state index contributed by atoms with van der Waals surface area (Å²) >= 11 is 2.74. The van der Waals surface area contributed by atoms with Crippen LogP contribution in [0.15, 0.2) is 23.8 Å². The molecule has 15 heavy (non-hydrogen) atoms. The SMILES string of the molecule is CCC1C(C)C=CC2=C[C@H](C)CCC21I. The third-order valence-corrected chi connectivity index (χ3v) is 6.11. The molecule has 2 rings (SSSR count). The zero-order valence-electron chi connectivity index (χ0n) is 9.96. The van der Waals surface area contributed by atoms with Gasteiger partial charge in [-0.05, 0) is 36.2 Å². The second-order valence-electron chi connectivity index (χ2n) is 5.23. The van der Waals surface area contributed by atoms with Gasteiger partial charge in [0.1, 0.15) is 0 Å². The predicted molar refractivity (Wildman–Crippen MR) is 75.3 cm³/mol. The van der Waals surface area contributed by atoms with Gasteiger partial charge in [-0.2, -0.15) is 0 Å². The van der Waals surface area contributed by atoms with Gasteiger partial charge in [0.15, 0.2) is 0 Å². The third-order valence-electron chi connectivity index (χ3n) is 4.15. The molecule has 4 atom stereocenters. The van der Waals surface area contributed by atoms with E-state index < -0.39 is 0 Å². The van der Waals surface area contributed by atoms with Crippen LogP contribution in [0.25, 0.3) is 0 Å². The summed E-state index contributed by atoms with van der Waals surface area (Å²) < 4.78 is 0.438. The lowest BCUT2D eigenvalue weighted by molar-refractivity contribution is 0.301. The van der Waals surface area contributed by atoms with Crippen LogP contribution in [0.4, 0.5) is 0 Å². The summed E-state index contributed by atoms with van der Waals surface area (Å²) in [5.41, 5.74) is 1.60. The highest BCUT2D eigenvalue weighted by molar-refractivity contribution is 14.1. The molecular weight excluding hydrogens is 295 g/mol. The topological polar surface area (TPSA) is 0 Å². The average Bonchev–Trinajstić information content (AvgIpc) is 2.20. The molecule has 0 saturated carbocycles. The molecule has 0 aromatic carbocycles. The lowest BCUT2D eigenvalue weighted by Crippen LogP contribution is -2.41. The van der Waals surface area contributed by atoms with E-state index in [-0.39, 0.29) is 0 Å². The minimum absolute atomic E-state index is 0.438. The molecule has 0 aliphatic heterocycles. The van der Waals surface area contributed by atoms with Crippen LogP contribution in [0.1, 0.15) is 40.0 Å². The molecule has 0 aromatic heterocycles. The number of alkyl halides is 1. The Morgan fingerprint density at radius 3 is 2.87 bits per heavy atom. The highest BCUT2D eigenvalue weighted by atomic mass is 127. The first-order chi connectivity index (χ1) is 7.08. The van der Waals surface area contributed by atoms with Crippen molar-refractivity contribution in [3.63, 3.8) is 0 Å². The minimum atomic E-state index is 0.438. The quantitative estimate of drug-likeness (QED) is 0.484. The van der Waals surface area contributed by atoms with E-state index >= 15 is 0 Å². The molecule has 0 heterocycles. The summed E-state index contributed by atoms with van der Waals surface area (Å²) in [4.78, 5) is 0. The summed E-state index contributed by atoms with van der Waals surface area (Å²) in [7, 11) is 0. The van der Waals surface area contributed by atoms with Gasteiger partial charge in [0.05, 0.1) is 3.42 Å². The van der Waals surface area contributed by atoms with Gasteiger partial charge in [0, 0.05) is 0 Å². The number of allylic oxidation sites excluding steroid dienone is 4. The van der Waals surface area contributed by atoms with Crippen LogP contribution in [-0.2, 0) is 0 Å². The number of fused-ring (bicyclic) bond motifs is 1. The van der Waals surface area contributed by atoms with Gasteiger partial charge in [-0.1, -0.05) is 68.0 Å². The van der Waals surface area contributed by atoms with Crippen molar-refractivity contribution >= 4 is 22.6 Å². The maximum Gasteiger partial charge on any atom is 0.0500 e. The van der Waals surface area contributed by atoms with Crippen molar-refractivity contribution in [1.82, 2.24) is 0 Å². The molecule has 3 unspecified atom stereocenters. The number of hydrogen-bond donors (Lipinski definition) is 0. The molecule has 0 bridgehead atoms. The van der Waals surface area contributed by atoms with E-state index in [1.54, 1.807) is 5.57 Å². The zero-order chi connectivity index (χ0) is 11.1. The van der Waals surface area contributed by atoms with Crippen LogP contribution in [-0.4, -0.2) is 3.42 Å². The molecule has 0 N–H and O–H groups in total. The molecule has 0 fully saturated rings. The number of halogens is 1. The normalized spacial score (nSPS) is 44.8. The van der Waals surface area contributed by atoms with Crippen molar-refractivity contribution in [3.05, 3.63) is 23.8 Å². The molecule has 0 nitrogen and oxygen atoms in total. The van der Waals surface area contributed by atoms with Crippen molar-refractivity contribution in [2.45, 2.75) is 43.5 Å². The van der Waals surface area contributed by atoms with Crippen molar-refractivity contribution < 1.29 is 0 Å². The standard InChI is InChI=1S/C14H21I/c1-4-13-11(3)5-6-12-9-10(2)7-8-14(12,13)15/h5-6,9-11,13H,4,7-8H2,1-3H3/t10-,11?,13?,14?/m1/s1. The first-order valence-corrected chi connectivity index (χ1v) is 7.25. The van der Waals surface area contributed by atoms with Crippen molar-refractivity contribution in [2.24, 2.45) is 17.8 Å². The van der Waals surface area contributed by atoms with Crippen LogP contribution in [0.2, 0.25) is 0 Å². The molecule has 0 radical (unpaired) electrons. The highest BCUT2D eigenvalue weighted by Gasteiger charge is 2.43. The fraction of sp³-hybridized carbons (Fsp3) is 0.714. The van der Waals surface area contributed by atoms with Gasteiger partial charge in [-0.25, -0.2) is 0 Å². The van der Waals surface area contributed by atoms with Crippen LogP contribution in [0, 0.1) is 17.8 Å². The van der Waals surface area contributed by atoms with Crippen LogP contribution in [0.5, 0.6) is 0 Å². The first kappa shape index (κ1) is 11.7. The van der Waals surface area contributed by atoms with Gasteiger partial charge >= 0.3 is 0 Å². The number of hydrogen-bond acceptors (Lipinski definition) is 0.